The summed E-state index contributed by atoms with van der Waals surface area (Å²) in [4.78, 5) is 17.7. The number of benzene rings is 4. The van der Waals surface area contributed by atoms with Crippen LogP contribution in [0, 0.1) is 5.82 Å². The van der Waals surface area contributed by atoms with Gasteiger partial charge in [-0.3, -0.25) is 4.79 Å². The number of fused-ring (bicyclic) bond motifs is 1. The van der Waals surface area contributed by atoms with Gasteiger partial charge in [0.25, 0.3) is 5.91 Å². The van der Waals surface area contributed by atoms with E-state index in [-0.39, 0.29) is 17.6 Å². The first-order valence-electron chi connectivity index (χ1n) is 13.6. The van der Waals surface area contributed by atoms with E-state index < -0.39 is 5.60 Å². The second kappa shape index (κ2) is 12.3. The van der Waals surface area contributed by atoms with Crippen LogP contribution in [-0.4, -0.2) is 54.0 Å². The molecule has 1 fully saturated rings. The van der Waals surface area contributed by atoms with Gasteiger partial charge in [-0.05, 0) is 66.6 Å². The van der Waals surface area contributed by atoms with E-state index in [1.165, 1.54) is 6.07 Å². The van der Waals surface area contributed by atoms with Crippen molar-refractivity contribution >= 4 is 39.9 Å². The molecule has 1 amide bonds. The number of carbonyl (C=O) groups excluding carboxylic acids is 1. The van der Waals surface area contributed by atoms with Crippen molar-refractivity contribution in [2.24, 2.45) is 0 Å². The van der Waals surface area contributed by atoms with Crippen molar-refractivity contribution in [3.63, 3.8) is 0 Å². The molecule has 0 spiro atoms. The van der Waals surface area contributed by atoms with Crippen molar-refractivity contribution in [1.29, 1.82) is 0 Å². The summed E-state index contributed by atoms with van der Waals surface area (Å²) in [6.07, 6.45) is 2.14. The zero-order chi connectivity index (χ0) is 28.3. The molecule has 7 heteroatoms. The molecule has 0 bridgehead atoms. The van der Waals surface area contributed by atoms with Gasteiger partial charge in [0, 0.05) is 43.5 Å². The van der Waals surface area contributed by atoms with Crippen LogP contribution >= 0.6 is 23.2 Å². The Balaban J connectivity index is 1.30. The number of nitrogens with zero attached hydrogens (tertiary/aromatic N) is 2. The van der Waals surface area contributed by atoms with Gasteiger partial charge in [0.1, 0.15) is 5.82 Å². The summed E-state index contributed by atoms with van der Waals surface area (Å²) in [6, 6.07) is 25.5. The third-order valence-electron chi connectivity index (χ3n) is 8.15. The summed E-state index contributed by atoms with van der Waals surface area (Å²) >= 11 is 12.6. The van der Waals surface area contributed by atoms with Gasteiger partial charge in [0.05, 0.1) is 15.6 Å². The zero-order valence-electron chi connectivity index (χ0n) is 22.5. The van der Waals surface area contributed by atoms with Gasteiger partial charge in [-0.25, -0.2) is 4.39 Å². The fraction of sp³-hybridized carbons (Fsp3) is 0.303. The number of piperidine rings is 1. The highest BCUT2D eigenvalue weighted by Crippen LogP contribution is 2.34. The third kappa shape index (κ3) is 6.18. The van der Waals surface area contributed by atoms with Crippen LogP contribution in [0.25, 0.3) is 10.8 Å². The van der Waals surface area contributed by atoms with E-state index in [4.69, 9.17) is 23.2 Å². The van der Waals surface area contributed by atoms with Gasteiger partial charge < -0.3 is 14.9 Å². The minimum Gasteiger partial charge on any atom is -0.385 e. The van der Waals surface area contributed by atoms with Crippen molar-refractivity contribution in [1.82, 2.24) is 9.80 Å². The molecule has 0 saturated carbocycles. The van der Waals surface area contributed by atoms with E-state index in [2.05, 4.69) is 4.90 Å². The standard InChI is InChI=1S/C33H33Cl2FN2O2/c1-37(32(39)28-12-14-31(36)27-10-6-5-9-26(27)28)22-24(23-11-13-29(34)30(35)21-23)15-18-38-19-16-33(40,17-20-38)25-7-3-2-4-8-25/h2-14,21,24,40H,15-20,22H2,1H3. The lowest BCUT2D eigenvalue weighted by Crippen LogP contribution is -2.43. The number of carbonyl (C=O) groups is 1. The first-order chi connectivity index (χ1) is 19.2. The highest BCUT2D eigenvalue weighted by molar-refractivity contribution is 6.42. The number of rotatable bonds is 8. The Morgan fingerprint density at radius 2 is 1.62 bits per heavy atom. The summed E-state index contributed by atoms with van der Waals surface area (Å²) in [6.45, 7) is 2.85. The van der Waals surface area contributed by atoms with Gasteiger partial charge >= 0.3 is 0 Å². The number of hydrogen-bond acceptors (Lipinski definition) is 3. The predicted molar refractivity (Wildman–Crippen MR) is 161 cm³/mol. The Bertz CT molecular complexity index is 1490. The summed E-state index contributed by atoms with van der Waals surface area (Å²) < 4.78 is 14.4. The SMILES string of the molecule is CN(CC(CCN1CCC(O)(c2ccccc2)CC1)c1ccc(Cl)c(Cl)c1)C(=O)c1ccc(F)c2ccccc12. The second-order valence-electron chi connectivity index (χ2n) is 10.7. The van der Waals surface area contributed by atoms with Crippen molar-refractivity contribution in [3.8, 4) is 0 Å². The van der Waals surface area contributed by atoms with Crippen molar-refractivity contribution in [2.75, 3.05) is 33.2 Å². The van der Waals surface area contributed by atoms with E-state index in [9.17, 15) is 14.3 Å². The molecule has 1 heterocycles. The molecule has 4 nitrogen and oxygen atoms in total. The summed E-state index contributed by atoms with van der Waals surface area (Å²) in [5.41, 5.74) is 1.65. The van der Waals surface area contributed by atoms with Crippen LogP contribution in [0.4, 0.5) is 4.39 Å². The normalized spacial score (nSPS) is 16.1. The minimum absolute atomic E-state index is 0.00497. The Hall–Kier alpha value is -2.96. The number of aliphatic hydroxyl groups is 1. The van der Waals surface area contributed by atoms with Crippen molar-refractivity contribution < 1.29 is 14.3 Å². The molecule has 1 aliphatic rings. The predicted octanol–water partition coefficient (Wildman–Crippen LogP) is 7.52. The van der Waals surface area contributed by atoms with Gasteiger partial charge in [0.2, 0.25) is 0 Å². The molecule has 1 N–H and O–H groups in total. The number of hydrogen-bond donors (Lipinski definition) is 1. The van der Waals surface area contributed by atoms with Gasteiger partial charge in [-0.2, -0.15) is 0 Å². The molecule has 1 saturated heterocycles. The van der Waals surface area contributed by atoms with Crippen LogP contribution in [0.5, 0.6) is 0 Å². The van der Waals surface area contributed by atoms with Crippen LogP contribution in [0.3, 0.4) is 0 Å². The Morgan fingerprint density at radius 3 is 2.33 bits per heavy atom. The lowest BCUT2D eigenvalue weighted by atomic mass is 9.84. The quantitative estimate of drug-likeness (QED) is 0.235. The highest BCUT2D eigenvalue weighted by Gasteiger charge is 2.34. The fourth-order valence-corrected chi connectivity index (χ4v) is 6.03. The second-order valence-corrected chi connectivity index (χ2v) is 11.5. The molecular weight excluding hydrogens is 546 g/mol. The average Bonchev–Trinajstić information content (AvgIpc) is 2.98. The van der Waals surface area contributed by atoms with Gasteiger partial charge in [-0.1, -0.05) is 83.9 Å². The van der Waals surface area contributed by atoms with E-state index in [0.29, 0.717) is 45.8 Å². The van der Waals surface area contributed by atoms with Crippen LogP contribution in [0.1, 0.15) is 46.7 Å². The van der Waals surface area contributed by atoms with Crippen LogP contribution < -0.4 is 0 Å². The molecule has 0 aromatic heterocycles. The van der Waals surface area contributed by atoms with Crippen molar-refractivity contribution in [3.05, 3.63) is 117 Å². The monoisotopic (exact) mass is 578 g/mol. The molecule has 1 atom stereocenters. The molecule has 0 aliphatic carbocycles. The van der Waals surface area contributed by atoms with E-state index in [0.717, 1.165) is 37.2 Å². The van der Waals surface area contributed by atoms with Crippen LogP contribution in [-0.2, 0) is 5.60 Å². The Morgan fingerprint density at radius 1 is 0.950 bits per heavy atom. The van der Waals surface area contributed by atoms with Gasteiger partial charge in [-0.15, -0.1) is 0 Å². The summed E-state index contributed by atoms with van der Waals surface area (Å²) in [5.74, 6) is -0.498. The largest absolute Gasteiger partial charge is 0.385 e. The maximum Gasteiger partial charge on any atom is 0.254 e. The zero-order valence-corrected chi connectivity index (χ0v) is 24.0. The lowest BCUT2D eigenvalue weighted by molar-refractivity contribution is -0.0264. The molecular formula is C33H33Cl2FN2O2. The number of amides is 1. The fourth-order valence-electron chi connectivity index (χ4n) is 5.72. The topological polar surface area (TPSA) is 43.8 Å². The molecule has 5 rings (SSSR count). The molecule has 1 unspecified atom stereocenters. The number of likely N-dealkylation sites (tertiary alicyclic amines) is 1. The lowest BCUT2D eigenvalue weighted by Gasteiger charge is -2.39. The van der Waals surface area contributed by atoms with Crippen molar-refractivity contribution in [2.45, 2.75) is 30.8 Å². The maximum absolute atomic E-state index is 14.4. The van der Waals surface area contributed by atoms with E-state index in [1.54, 1.807) is 42.3 Å². The van der Waals surface area contributed by atoms with Crippen LogP contribution in [0.2, 0.25) is 10.0 Å². The first kappa shape index (κ1) is 28.6. The smallest absolute Gasteiger partial charge is 0.254 e. The minimum atomic E-state index is -0.800. The molecule has 4 aromatic rings. The first-order valence-corrected chi connectivity index (χ1v) is 14.4. The Labute approximate surface area is 244 Å². The number of halogens is 3. The number of likely N-dealkylation sites (N-methyl/N-ethyl adjacent to an activating group) is 1. The molecule has 1 aliphatic heterocycles. The molecule has 0 radical (unpaired) electrons. The molecule has 40 heavy (non-hydrogen) atoms. The highest BCUT2D eigenvalue weighted by atomic mass is 35.5. The van der Waals surface area contributed by atoms with E-state index >= 15 is 0 Å². The van der Waals surface area contributed by atoms with Gasteiger partial charge in [0.15, 0.2) is 0 Å². The van der Waals surface area contributed by atoms with Crippen LogP contribution in [0.15, 0.2) is 84.9 Å². The molecule has 208 valence electrons. The summed E-state index contributed by atoms with van der Waals surface area (Å²) in [5, 5.41) is 13.2. The summed E-state index contributed by atoms with van der Waals surface area (Å²) in [7, 11) is 1.78. The maximum atomic E-state index is 14.4. The van der Waals surface area contributed by atoms with E-state index in [1.807, 2.05) is 48.5 Å². The third-order valence-corrected chi connectivity index (χ3v) is 8.88. The Kier molecular flexibility index (Phi) is 8.77. The molecule has 4 aromatic carbocycles. The average molecular weight is 580 g/mol.